The lowest BCUT2D eigenvalue weighted by atomic mass is 9.79. The van der Waals surface area contributed by atoms with Crippen LogP contribution in [0, 0.1) is 17.8 Å². The van der Waals surface area contributed by atoms with E-state index >= 15 is 4.39 Å². The van der Waals surface area contributed by atoms with Gasteiger partial charge in [-0.25, -0.2) is 4.39 Å². The summed E-state index contributed by atoms with van der Waals surface area (Å²) < 4.78 is 58.7. The summed E-state index contributed by atoms with van der Waals surface area (Å²) in [5, 5.41) is 36.7. The molecule has 1 amide bonds. The van der Waals surface area contributed by atoms with E-state index in [0.717, 1.165) is 18.4 Å². The van der Waals surface area contributed by atoms with E-state index in [9.17, 15) is 20.1 Å². The number of aliphatic hydroxyl groups excluding tert-OH is 3. The summed E-state index contributed by atoms with van der Waals surface area (Å²) in [4.78, 5) is 13.7. The average molecular weight is 750 g/mol. The van der Waals surface area contributed by atoms with Gasteiger partial charge in [0, 0.05) is 11.8 Å². The van der Waals surface area contributed by atoms with Crippen LogP contribution in [0.15, 0.2) is 54.6 Å². The van der Waals surface area contributed by atoms with Crippen LogP contribution in [0.2, 0.25) is 0 Å². The predicted molar refractivity (Wildman–Crippen MR) is 193 cm³/mol. The van der Waals surface area contributed by atoms with Crippen molar-refractivity contribution in [3.63, 3.8) is 0 Å². The van der Waals surface area contributed by atoms with Crippen molar-refractivity contribution in [2.24, 2.45) is 17.8 Å². The molecule has 4 aliphatic rings. The SMILES string of the molecule is CCC1C=CC(C)C(OC2C(CO)OC(OC3C(O)C(NC(=O)C(OCc4ccccc4)C(F)CC)CC(C)C3OC3OC(CC)C=CC3C)C2O)O1. The third-order valence-corrected chi connectivity index (χ3v) is 10.7. The molecule has 17 atom stereocenters. The van der Waals surface area contributed by atoms with E-state index in [1.54, 1.807) is 6.92 Å². The maximum atomic E-state index is 15.2. The quantitative estimate of drug-likeness (QED) is 0.181. The van der Waals surface area contributed by atoms with Gasteiger partial charge in [-0.3, -0.25) is 4.79 Å². The molecule has 0 aromatic heterocycles. The van der Waals surface area contributed by atoms with E-state index < -0.39 is 86.3 Å². The Balaban J connectivity index is 1.35. The Bertz CT molecular complexity index is 1340. The van der Waals surface area contributed by atoms with Crippen LogP contribution in [-0.4, -0.2) is 114 Å². The standard InChI is InChI=1S/C40H60FNO11/c1-7-26-17-15-22(4)38(48-26)51-33-24(6)19-29(42-37(46)34(28(41)9-3)47-21-25-13-11-10-12-14-25)31(44)36(33)53-40-32(45)35(30(20-43)50-40)52-39-23(5)16-18-27(8-2)49-39/h10-18,22-24,26-36,38-40,43-45H,7-9,19-21H2,1-6H3,(H,42,46). The number of hydrogen-bond acceptors (Lipinski definition) is 11. The lowest BCUT2D eigenvalue weighted by molar-refractivity contribution is -0.290. The van der Waals surface area contributed by atoms with Crippen LogP contribution in [0.4, 0.5) is 4.39 Å². The van der Waals surface area contributed by atoms with Crippen molar-refractivity contribution >= 4 is 5.91 Å². The molecule has 5 rings (SSSR count). The summed E-state index contributed by atoms with van der Waals surface area (Å²) in [6.45, 7) is 11.0. The van der Waals surface area contributed by atoms with Crippen molar-refractivity contribution in [2.45, 2.75) is 160 Å². The Morgan fingerprint density at radius 2 is 1.42 bits per heavy atom. The number of benzene rings is 1. The fourth-order valence-corrected chi connectivity index (χ4v) is 7.36. The molecular formula is C40H60FNO11. The van der Waals surface area contributed by atoms with Crippen molar-refractivity contribution < 1.29 is 57.7 Å². The number of ether oxygens (including phenoxy) is 7. The first kappa shape index (κ1) is 41.9. The normalized spacial score (nSPS) is 39.8. The summed E-state index contributed by atoms with van der Waals surface area (Å²) >= 11 is 0. The summed E-state index contributed by atoms with van der Waals surface area (Å²) in [6, 6.07) is 8.29. The van der Waals surface area contributed by atoms with Crippen LogP contribution in [0.3, 0.4) is 0 Å². The monoisotopic (exact) mass is 749 g/mol. The molecule has 3 aliphatic heterocycles. The number of amides is 1. The lowest BCUT2D eigenvalue weighted by Crippen LogP contribution is -2.63. The molecule has 1 saturated heterocycles. The van der Waals surface area contributed by atoms with Crippen LogP contribution in [0.25, 0.3) is 0 Å². The number of alkyl halides is 1. The van der Waals surface area contributed by atoms with Crippen molar-refractivity contribution in [3.05, 3.63) is 60.2 Å². The minimum absolute atomic E-state index is 0.0314. The maximum absolute atomic E-state index is 15.2. The number of rotatable bonds is 16. The number of halogens is 1. The molecule has 4 N–H and O–H groups in total. The zero-order valence-corrected chi connectivity index (χ0v) is 31.7. The number of nitrogens with one attached hydrogen (secondary N) is 1. The molecule has 1 aromatic carbocycles. The third-order valence-electron chi connectivity index (χ3n) is 10.7. The van der Waals surface area contributed by atoms with Crippen LogP contribution >= 0.6 is 0 Å². The van der Waals surface area contributed by atoms with Gasteiger partial charge < -0.3 is 53.8 Å². The molecule has 0 bridgehead atoms. The number of carbonyl (C=O) groups excluding carboxylic acids is 1. The second-order valence-electron chi connectivity index (χ2n) is 14.9. The van der Waals surface area contributed by atoms with Crippen molar-refractivity contribution in [2.75, 3.05) is 6.61 Å². The van der Waals surface area contributed by atoms with Crippen LogP contribution in [0.1, 0.15) is 72.8 Å². The van der Waals surface area contributed by atoms with Crippen LogP contribution in [0.5, 0.6) is 0 Å². The molecule has 12 nitrogen and oxygen atoms in total. The summed E-state index contributed by atoms with van der Waals surface area (Å²) in [5.74, 6) is -1.25. The molecule has 13 heteroatoms. The van der Waals surface area contributed by atoms with E-state index in [-0.39, 0.29) is 49.4 Å². The van der Waals surface area contributed by atoms with Crippen molar-refractivity contribution in [1.29, 1.82) is 0 Å². The van der Waals surface area contributed by atoms with Gasteiger partial charge in [-0.2, -0.15) is 0 Å². The average Bonchev–Trinajstić information content (AvgIpc) is 3.46. The Morgan fingerprint density at radius 3 is 1.98 bits per heavy atom. The Labute approximate surface area is 312 Å². The topological polar surface area (TPSA) is 154 Å². The fourth-order valence-electron chi connectivity index (χ4n) is 7.36. The van der Waals surface area contributed by atoms with Gasteiger partial charge in [0.25, 0.3) is 5.91 Å². The molecule has 1 aliphatic carbocycles. The van der Waals surface area contributed by atoms with Crippen molar-refractivity contribution in [1.82, 2.24) is 5.32 Å². The third kappa shape index (κ3) is 10.3. The molecule has 0 radical (unpaired) electrons. The molecule has 3 heterocycles. The summed E-state index contributed by atoms with van der Waals surface area (Å²) in [6.07, 6.45) is -2.85. The van der Waals surface area contributed by atoms with Gasteiger partial charge in [-0.05, 0) is 37.2 Å². The van der Waals surface area contributed by atoms with Gasteiger partial charge >= 0.3 is 0 Å². The van der Waals surface area contributed by atoms with E-state index in [2.05, 4.69) is 5.32 Å². The summed E-state index contributed by atoms with van der Waals surface area (Å²) in [5.41, 5.74) is 0.789. The molecular weight excluding hydrogens is 689 g/mol. The highest BCUT2D eigenvalue weighted by atomic mass is 19.1. The molecule has 2 fully saturated rings. The van der Waals surface area contributed by atoms with E-state index in [1.165, 1.54) is 0 Å². The van der Waals surface area contributed by atoms with Gasteiger partial charge in [0.1, 0.15) is 36.7 Å². The smallest absolute Gasteiger partial charge is 0.252 e. The largest absolute Gasteiger partial charge is 0.394 e. The van der Waals surface area contributed by atoms with Gasteiger partial charge in [-0.15, -0.1) is 0 Å². The first-order chi connectivity index (χ1) is 25.5. The molecule has 298 valence electrons. The molecule has 1 saturated carbocycles. The van der Waals surface area contributed by atoms with Gasteiger partial charge in [0.2, 0.25) is 0 Å². The minimum atomic E-state index is -1.59. The Hall–Kier alpha value is -2.30. The maximum Gasteiger partial charge on any atom is 0.252 e. The van der Waals surface area contributed by atoms with Crippen LogP contribution < -0.4 is 5.32 Å². The van der Waals surface area contributed by atoms with Crippen LogP contribution in [-0.2, 0) is 44.6 Å². The fraction of sp³-hybridized carbons (Fsp3) is 0.725. The number of carbonyl (C=O) groups is 1. The van der Waals surface area contributed by atoms with Gasteiger partial charge in [-0.1, -0.05) is 96.2 Å². The molecule has 17 unspecified atom stereocenters. The molecule has 53 heavy (non-hydrogen) atoms. The molecule has 1 aromatic rings. The highest BCUT2D eigenvalue weighted by Gasteiger charge is 2.53. The predicted octanol–water partition coefficient (Wildman–Crippen LogP) is 4.09. The number of aliphatic hydroxyl groups is 3. The summed E-state index contributed by atoms with van der Waals surface area (Å²) in [7, 11) is 0. The highest BCUT2D eigenvalue weighted by molar-refractivity contribution is 5.81. The van der Waals surface area contributed by atoms with E-state index in [4.69, 9.17) is 33.2 Å². The van der Waals surface area contributed by atoms with Crippen molar-refractivity contribution in [3.8, 4) is 0 Å². The minimum Gasteiger partial charge on any atom is -0.394 e. The first-order valence-corrected chi connectivity index (χ1v) is 19.3. The zero-order chi connectivity index (χ0) is 38.2. The second kappa shape index (κ2) is 19.5. The first-order valence-electron chi connectivity index (χ1n) is 19.3. The molecule has 0 spiro atoms. The van der Waals surface area contributed by atoms with E-state index in [0.29, 0.717) is 0 Å². The Morgan fingerprint density at radius 1 is 0.830 bits per heavy atom. The van der Waals surface area contributed by atoms with Gasteiger partial charge in [0.15, 0.2) is 25.0 Å². The zero-order valence-electron chi connectivity index (χ0n) is 31.7. The lowest BCUT2D eigenvalue weighted by Gasteiger charge is -2.46. The van der Waals surface area contributed by atoms with Gasteiger partial charge in [0.05, 0.1) is 37.6 Å². The highest BCUT2D eigenvalue weighted by Crippen LogP contribution is 2.37. The Kier molecular flexibility index (Phi) is 15.4. The second-order valence-corrected chi connectivity index (χ2v) is 14.9. The van der Waals surface area contributed by atoms with E-state index in [1.807, 2.05) is 89.3 Å². The number of hydrogen-bond donors (Lipinski definition) is 4.